The maximum Gasteiger partial charge on any atom is 0.258 e. The first-order valence-electron chi connectivity index (χ1n) is 12.3. The molecule has 0 spiro atoms. The molecule has 31 heavy (non-hydrogen) atoms. The summed E-state index contributed by atoms with van der Waals surface area (Å²) < 4.78 is 2.12. The van der Waals surface area contributed by atoms with Gasteiger partial charge in [-0.2, -0.15) is 0 Å². The van der Waals surface area contributed by atoms with Gasteiger partial charge in [-0.1, -0.05) is 43.5 Å². The average Bonchev–Trinajstić information content (AvgIpc) is 2.75. The number of hydrogen-bond acceptors (Lipinski definition) is 3. The number of aromatic nitrogens is 1. The van der Waals surface area contributed by atoms with Gasteiger partial charge in [-0.05, 0) is 68.5 Å². The van der Waals surface area contributed by atoms with Crippen molar-refractivity contribution in [3.05, 3.63) is 58.0 Å². The van der Waals surface area contributed by atoms with E-state index in [4.69, 9.17) is 0 Å². The molecule has 1 saturated heterocycles. The molecule has 1 aromatic carbocycles. The highest BCUT2D eigenvalue weighted by Crippen LogP contribution is 2.37. The van der Waals surface area contributed by atoms with Crippen LogP contribution in [0.5, 0.6) is 0 Å². The first-order chi connectivity index (χ1) is 15.1. The zero-order chi connectivity index (χ0) is 21.4. The highest BCUT2D eigenvalue weighted by atomic mass is 16.1. The van der Waals surface area contributed by atoms with Crippen LogP contribution in [-0.2, 0) is 13.1 Å². The van der Waals surface area contributed by atoms with Gasteiger partial charge in [0.1, 0.15) is 0 Å². The molecule has 2 aromatic rings. The molecule has 4 nitrogen and oxygen atoms in total. The highest BCUT2D eigenvalue weighted by Gasteiger charge is 2.35. The van der Waals surface area contributed by atoms with Crippen LogP contribution in [0.2, 0.25) is 0 Å². The summed E-state index contributed by atoms with van der Waals surface area (Å²) in [6, 6.07) is 12.7. The van der Waals surface area contributed by atoms with Gasteiger partial charge in [-0.3, -0.25) is 4.79 Å². The lowest BCUT2D eigenvalue weighted by atomic mass is 9.81. The fraction of sp³-hybridized carbons (Fsp3) is 0.593. The van der Waals surface area contributed by atoms with Crippen molar-refractivity contribution in [2.24, 2.45) is 11.8 Å². The quantitative estimate of drug-likeness (QED) is 0.710. The van der Waals surface area contributed by atoms with Crippen LogP contribution in [0.25, 0.3) is 11.1 Å². The molecule has 2 unspecified atom stereocenters. The maximum absolute atomic E-state index is 13.6. The summed E-state index contributed by atoms with van der Waals surface area (Å²) in [6.07, 6.45) is 8.34. The summed E-state index contributed by atoms with van der Waals surface area (Å²) in [5.41, 5.74) is 4.65. The Bertz CT molecular complexity index is 973. The van der Waals surface area contributed by atoms with Crippen molar-refractivity contribution in [1.82, 2.24) is 14.4 Å². The summed E-state index contributed by atoms with van der Waals surface area (Å²) in [7, 11) is 4.16. The minimum Gasteiger partial charge on any atom is -0.311 e. The normalized spacial score (nSPS) is 24.4. The molecule has 0 amide bonds. The van der Waals surface area contributed by atoms with Crippen LogP contribution in [-0.4, -0.2) is 48.1 Å². The number of hydrogen-bond donors (Lipinski definition) is 0. The van der Waals surface area contributed by atoms with E-state index in [9.17, 15) is 4.79 Å². The minimum atomic E-state index is 0.208. The second kappa shape index (κ2) is 8.91. The van der Waals surface area contributed by atoms with Crippen molar-refractivity contribution in [3.63, 3.8) is 0 Å². The molecule has 2 atom stereocenters. The van der Waals surface area contributed by atoms with Crippen molar-refractivity contribution in [3.8, 4) is 11.1 Å². The summed E-state index contributed by atoms with van der Waals surface area (Å²) in [6.45, 7) is 5.30. The molecule has 2 bridgehead atoms. The van der Waals surface area contributed by atoms with Crippen molar-refractivity contribution < 1.29 is 0 Å². The van der Waals surface area contributed by atoms with Crippen LogP contribution in [0.1, 0.15) is 55.7 Å². The molecular weight excluding hydrogens is 382 g/mol. The van der Waals surface area contributed by atoms with E-state index in [1.807, 2.05) is 0 Å². The highest BCUT2D eigenvalue weighted by molar-refractivity contribution is 5.66. The molecule has 166 valence electrons. The zero-order valence-corrected chi connectivity index (χ0v) is 19.2. The van der Waals surface area contributed by atoms with E-state index in [1.54, 1.807) is 0 Å². The van der Waals surface area contributed by atoms with Crippen LogP contribution < -0.4 is 5.56 Å². The Kier molecular flexibility index (Phi) is 6.03. The van der Waals surface area contributed by atoms with E-state index in [0.717, 1.165) is 36.7 Å². The van der Waals surface area contributed by atoms with E-state index >= 15 is 0 Å². The Balaban J connectivity index is 1.41. The van der Waals surface area contributed by atoms with Crippen LogP contribution in [0.4, 0.5) is 0 Å². The smallest absolute Gasteiger partial charge is 0.258 e. The topological polar surface area (TPSA) is 28.5 Å². The van der Waals surface area contributed by atoms with Crippen molar-refractivity contribution in [2.45, 2.75) is 57.5 Å². The standard InChI is InChI=1S/C27H37N3O/c1-28(2)18-22-10-6-7-11-24(22)25-12-13-26-23-14-21(17-30(26)27(25)31)16-29(19-23)15-20-8-4-3-5-9-20/h6-7,10-13,20-21,23H,3-5,8-9,14-19H2,1-2H3. The summed E-state index contributed by atoms with van der Waals surface area (Å²) in [5, 5.41) is 0. The predicted octanol–water partition coefficient (Wildman–Crippen LogP) is 4.58. The molecule has 2 fully saturated rings. The Morgan fingerprint density at radius 1 is 0.935 bits per heavy atom. The van der Waals surface area contributed by atoms with E-state index < -0.39 is 0 Å². The molecule has 1 aliphatic carbocycles. The van der Waals surface area contributed by atoms with Gasteiger partial charge in [0.05, 0.1) is 0 Å². The molecule has 0 radical (unpaired) electrons. The first-order valence-corrected chi connectivity index (χ1v) is 12.3. The predicted molar refractivity (Wildman–Crippen MR) is 127 cm³/mol. The van der Waals surface area contributed by atoms with E-state index in [0.29, 0.717) is 11.8 Å². The van der Waals surface area contributed by atoms with E-state index in [-0.39, 0.29) is 5.56 Å². The molecule has 4 heteroatoms. The van der Waals surface area contributed by atoms with Gasteiger partial charge in [0.25, 0.3) is 5.56 Å². The lowest BCUT2D eigenvalue weighted by Gasteiger charge is -2.44. The molecule has 2 aliphatic heterocycles. The Labute approximate surface area is 186 Å². The third kappa shape index (κ3) is 4.38. The van der Waals surface area contributed by atoms with Crippen molar-refractivity contribution >= 4 is 0 Å². The third-order valence-corrected chi connectivity index (χ3v) is 7.72. The lowest BCUT2D eigenvalue weighted by molar-refractivity contribution is 0.0967. The average molecular weight is 420 g/mol. The van der Waals surface area contributed by atoms with Gasteiger partial charge in [-0.25, -0.2) is 0 Å². The summed E-state index contributed by atoms with van der Waals surface area (Å²) in [5.74, 6) is 2.01. The molecule has 0 N–H and O–H groups in total. The van der Waals surface area contributed by atoms with E-state index in [1.165, 1.54) is 62.9 Å². The van der Waals surface area contributed by atoms with Crippen LogP contribution in [0.3, 0.4) is 0 Å². The van der Waals surface area contributed by atoms with Gasteiger partial charge >= 0.3 is 0 Å². The Morgan fingerprint density at radius 3 is 2.55 bits per heavy atom. The summed E-state index contributed by atoms with van der Waals surface area (Å²) >= 11 is 0. The third-order valence-electron chi connectivity index (χ3n) is 7.72. The number of piperidine rings is 1. The minimum absolute atomic E-state index is 0.208. The van der Waals surface area contributed by atoms with Gasteiger partial charge in [0.2, 0.25) is 0 Å². The molecule has 1 aromatic heterocycles. The first kappa shape index (κ1) is 21.0. The van der Waals surface area contributed by atoms with Crippen molar-refractivity contribution in [1.29, 1.82) is 0 Å². The monoisotopic (exact) mass is 419 g/mol. The van der Waals surface area contributed by atoms with Gasteiger partial charge < -0.3 is 14.4 Å². The summed E-state index contributed by atoms with van der Waals surface area (Å²) in [4.78, 5) is 18.5. The Morgan fingerprint density at radius 2 is 1.74 bits per heavy atom. The number of benzene rings is 1. The second-order valence-corrected chi connectivity index (χ2v) is 10.5. The molecule has 5 rings (SSSR count). The lowest BCUT2D eigenvalue weighted by Crippen LogP contribution is -2.48. The molecular formula is C27H37N3O. The SMILES string of the molecule is CN(C)Cc1ccccc1-c1ccc2n(c1=O)CC1CC2CN(CC2CCCCC2)C1. The number of nitrogens with zero attached hydrogens (tertiary/aromatic N) is 3. The van der Waals surface area contributed by atoms with Gasteiger partial charge in [0.15, 0.2) is 0 Å². The van der Waals surface area contributed by atoms with Gasteiger partial charge in [-0.15, -0.1) is 0 Å². The zero-order valence-electron chi connectivity index (χ0n) is 19.2. The second-order valence-electron chi connectivity index (χ2n) is 10.5. The molecule has 3 heterocycles. The largest absolute Gasteiger partial charge is 0.311 e. The number of rotatable bonds is 5. The van der Waals surface area contributed by atoms with Crippen LogP contribution in [0.15, 0.2) is 41.2 Å². The number of likely N-dealkylation sites (tertiary alicyclic amines) is 1. The molecule has 3 aliphatic rings. The number of pyridine rings is 1. The maximum atomic E-state index is 13.6. The van der Waals surface area contributed by atoms with Crippen LogP contribution >= 0.6 is 0 Å². The molecule has 1 saturated carbocycles. The van der Waals surface area contributed by atoms with E-state index in [2.05, 4.69) is 64.9 Å². The van der Waals surface area contributed by atoms with Crippen molar-refractivity contribution in [2.75, 3.05) is 33.7 Å². The van der Waals surface area contributed by atoms with Gasteiger partial charge in [0, 0.05) is 49.9 Å². The fourth-order valence-electron chi connectivity index (χ4n) is 6.40. The Hall–Kier alpha value is -1.91. The fourth-order valence-corrected chi connectivity index (χ4v) is 6.40. The van der Waals surface area contributed by atoms with Crippen LogP contribution in [0, 0.1) is 11.8 Å². The number of fused-ring (bicyclic) bond motifs is 4.